The van der Waals surface area contributed by atoms with Crippen molar-refractivity contribution >= 4 is 72.1 Å². The largest absolute Gasteiger partial charge is 0.372 e. The molecule has 0 amide bonds. The van der Waals surface area contributed by atoms with Crippen LogP contribution in [0.4, 0.5) is 11.4 Å². The molecular formula is C37H44Cl3N2O7S2+. The zero-order valence-corrected chi connectivity index (χ0v) is 33.0. The zero-order chi connectivity index (χ0) is 37.4. The van der Waals surface area contributed by atoms with Crippen LogP contribution in [0, 0.1) is 0 Å². The highest BCUT2D eigenvalue weighted by Crippen LogP contribution is 2.49. The van der Waals surface area contributed by atoms with E-state index in [1.165, 1.54) is 0 Å². The minimum absolute atomic E-state index is 0.295. The predicted molar refractivity (Wildman–Crippen MR) is 206 cm³/mol. The van der Waals surface area contributed by atoms with Gasteiger partial charge in [0.25, 0.3) is 20.2 Å². The van der Waals surface area contributed by atoms with Crippen LogP contribution in [0.5, 0.6) is 0 Å². The Kier molecular flexibility index (Phi) is 12.1. The van der Waals surface area contributed by atoms with Crippen LogP contribution >= 0.6 is 34.8 Å². The second-order valence-corrected chi connectivity index (χ2v) is 18.6. The van der Waals surface area contributed by atoms with Crippen molar-refractivity contribution in [3.05, 3.63) is 104 Å². The number of fused-ring (bicyclic) bond motifs is 2. The molecule has 0 spiro atoms. The summed E-state index contributed by atoms with van der Waals surface area (Å²) < 4.78 is 71.9. The number of unbranched alkanes of at least 4 members (excludes halogenated alkanes) is 2. The quantitative estimate of drug-likeness (QED) is 0.118. The van der Waals surface area contributed by atoms with Crippen molar-refractivity contribution in [2.24, 2.45) is 0 Å². The highest BCUT2D eigenvalue weighted by Gasteiger charge is 2.44. The fourth-order valence-corrected chi connectivity index (χ4v) is 8.81. The van der Waals surface area contributed by atoms with Crippen LogP contribution in [0.1, 0.15) is 64.5 Å². The fourth-order valence-electron chi connectivity index (χ4n) is 7.09. The van der Waals surface area contributed by atoms with Crippen LogP contribution in [0.15, 0.2) is 82.6 Å². The molecule has 0 fully saturated rings. The monoisotopic (exact) mass is 797 g/mol. The number of benzene rings is 2. The second-order valence-electron chi connectivity index (χ2n) is 14.2. The molecule has 5 rings (SSSR count). The van der Waals surface area contributed by atoms with Gasteiger partial charge in [0.2, 0.25) is 5.69 Å². The first-order chi connectivity index (χ1) is 23.8. The first-order valence-electron chi connectivity index (χ1n) is 16.8. The summed E-state index contributed by atoms with van der Waals surface area (Å²) in [6, 6.07) is 11.6. The second kappa shape index (κ2) is 15.5. The Balaban J connectivity index is 1.46. The normalized spacial score (nSPS) is 20.3. The minimum Gasteiger partial charge on any atom is -0.372 e. The van der Waals surface area contributed by atoms with Gasteiger partial charge in [0.05, 0.1) is 35.2 Å². The molecule has 0 aliphatic carbocycles. The number of rotatable bonds is 13. The van der Waals surface area contributed by atoms with E-state index in [2.05, 4.69) is 37.2 Å². The zero-order valence-electron chi connectivity index (χ0n) is 29.1. The Morgan fingerprint density at radius 1 is 0.804 bits per heavy atom. The highest BCUT2D eigenvalue weighted by atomic mass is 35.5. The van der Waals surface area contributed by atoms with Crippen LogP contribution in [0.2, 0.25) is 10.0 Å². The summed E-state index contributed by atoms with van der Waals surface area (Å²) in [6.07, 6.45) is 9.75. The first kappa shape index (κ1) is 39.7. The van der Waals surface area contributed by atoms with Gasteiger partial charge in [0.1, 0.15) is 6.54 Å². The van der Waals surface area contributed by atoms with Gasteiger partial charge in [-0.05, 0) is 92.3 Å². The first-order valence-corrected chi connectivity index (χ1v) is 21.1. The minimum atomic E-state index is -4.04. The smallest absolute Gasteiger partial charge is 0.264 e. The maximum absolute atomic E-state index is 11.3. The Hall–Kier alpha value is -2.48. The van der Waals surface area contributed by atoms with Crippen molar-refractivity contribution in [2.75, 3.05) is 42.7 Å². The van der Waals surface area contributed by atoms with Gasteiger partial charge in [-0.25, -0.2) is 0 Å². The number of ether oxygens (including phenoxy) is 1. The molecule has 2 aromatic carbocycles. The fraction of sp³-hybridized carbons (Fsp3) is 0.432. The summed E-state index contributed by atoms with van der Waals surface area (Å²) in [5.41, 5.74) is 6.87. The lowest BCUT2D eigenvalue weighted by molar-refractivity contribution is -0.438. The predicted octanol–water partition coefficient (Wildman–Crippen LogP) is 8.39. The van der Waals surface area contributed by atoms with Crippen LogP contribution < -0.4 is 4.90 Å². The summed E-state index contributed by atoms with van der Waals surface area (Å²) in [6.45, 7) is 10.2. The van der Waals surface area contributed by atoms with Gasteiger partial charge in [-0.2, -0.15) is 21.4 Å². The summed E-state index contributed by atoms with van der Waals surface area (Å²) in [5.74, 6) is -0.590. The average molecular weight is 799 g/mol. The molecular weight excluding hydrogens is 755 g/mol. The van der Waals surface area contributed by atoms with Crippen molar-refractivity contribution in [3.8, 4) is 0 Å². The summed E-state index contributed by atoms with van der Waals surface area (Å²) >= 11 is 19.9. The van der Waals surface area contributed by atoms with Gasteiger partial charge in [0, 0.05) is 57.5 Å². The summed E-state index contributed by atoms with van der Waals surface area (Å²) in [5, 5.41) is 1.84. The molecule has 3 heterocycles. The van der Waals surface area contributed by atoms with Gasteiger partial charge in [-0.1, -0.05) is 54.7 Å². The molecule has 0 saturated carbocycles. The van der Waals surface area contributed by atoms with Gasteiger partial charge in [-0.15, -0.1) is 0 Å². The molecule has 0 atom stereocenters. The third-order valence-electron chi connectivity index (χ3n) is 9.74. The molecule has 2 N–H and O–H groups in total. The molecule has 3 aliphatic rings. The topological polar surface area (TPSA) is 124 Å². The number of nitrogens with zero attached hydrogens (tertiary/aromatic N) is 2. The number of halogens is 3. The molecule has 3 aliphatic heterocycles. The maximum Gasteiger partial charge on any atom is 0.264 e. The maximum atomic E-state index is 11.3. The summed E-state index contributed by atoms with van der Waals surface area (Å²) in [7, 11) is -8.08. The van der Waals surface area contributed by atoms with Crippen LogP contribution in [0.3, 0.4) is 0 Å². The lowest BCUT2D eigenvalue weighted by Crippen LogP contribution is -2.28. The Labute approximate surface area is 316 Å². The van der Waals surface area contributed by atoms with Crippen molar-refractivity contribution < 1.29 is 35.3 Å². The molecule has 0 radical (unpaired) electrons. The van der Waals surface area contributed by atoms with E-state index < -0.39 is 31.1 Å². The van der Waals surface area contributed by atoms with Crippen molar-refractivity contribution in [1.29, 1.82) is 0 Å². The van der Waals surface area contributed by atoms with E-state index in [1.54, 1.807) is 0 Å². The molecule has 0 bridgehead atoms. The third-order valence-corrected chi connectivity index (χ3v) is 12.3. The Morgan fingerprint density at radius 2 is 1.43 bits per heavy atom. The van der Waals surface area contributed by atoms with E-state index in [0.717, 1.165) is 45.1 Å². The molecule has 276 valence electrons. The molecule has 0 unspecified atom stereocenters. The SMILES string of the molecule is CC1(C)C(/C=C/C2=C(Cl)C(=C/C=C3/N(CCCCS(=O)(=O)O)c4ccc(Cl)cc4C3(C)C)/COC2)=[N+](CCCCS(=O)(=O)O)c2ccc(Cl)cc21. The van der Waals surface area contributed by atoms with Crippen LogP contribution in [-0.2, 0) is 35.8 Å². The Bertz CT molecular complexity index is 2080. The van der Waals surface area contributed by atoms with Crippen molar-refractivity contribution in [3.63, 3.8) is 0 Å². The van der Waals surface area contributed by atoms with Crippen molar-refractivity contribution in [1.82, 2.24) is 0 Å². The van der Waals surface area contributed by atoms with Gasteiger partial charge < -0.3 is 9.64 Å². The third kappa shape index (κ3) is 9.19. The number of anilines is 1. The van der Waals surface area contributed by atoms with E-state index in [0.29, 0.717) is 67.1 Å². The molecule has 51 heavy (non-hydrogen) atoms. The molecule has 9 nitrogen and oxygen atoms in total. The van der Waals surface area contributed by atoms with Crippen LogP contribution in [-0.4, -0.2) is 74.0 Å². The number of hydrogen-bond acceptors (Lipinski definition) is 6. The van der Waals surface area contributed by atoms with E-state index in [9.17, 15) is 25.9 Å². The highest BCUT2D eigenvalue weighted by molar-refractivity contribution is 7.86. The molecule has 14 heteroatoms. The van der Waals surface area contributed by atoms with Gasteiger partial charge in [0.15, 0.2) is 5.71 Å². The van der Waals surface area contributed by atoms with E-state index in [-0.39, 0.29) is 11.5 Å². The van der Waals surface area contributed by atoms with Gasteiger partial charge >= 0.3 is 0 Å². The van der Waals surface area contributed by atoms with Crippen LogP contribution in [0.25, 0.3) is 0 Å². The van der Waals surface area contributed by atoms with Crippen molar-refractivity contribution in [2.45, 2.75) is 64.2 Å². The summed E-state index contributed by atoms with van der Waals surface area (Å²) in [4.78, 5) is 2.17. The number of hydrogen-bond donors (Lipinski definition) is 2. The lowest BCUT2D eigenvalue weighted by Gasteiger charge is -2.27. The van der Waals surface area contributed by atoms with E-state index in [4.69, 9.17) is 39.5 Å². The lowest BCUT2D eigenvalue weighted by atomic mass is 9.81. The van der Waals surface area contributed by atoms with E-state index in [1.807, 2.05) is 60.7 Å². The standard InChI is InChI=1S/C37H43Cl3N2O7S2/c1-36(2)29-21-27(38)11-13-31(29)41(17-5-7-19-50(43,44)45)33(36)15-9-25-23-49-24-26(35(25)40)10-16-34-37(3,4)30-22-28(39)12-14-32(30)42(34)18-6-8-20-51(46,47)48/h9-16,21-22H,5-8,17-20,23-24H2,1-4H3,(H-,43,44,45,46,47,48)/p+1. The van der Waals surface area contributed by atoms with E-state index >= 15 is 0 Å². The number of allylic oxidation sites excluding steroid dienone is 4. The van der Waals surface area contributed by atoms with Gasteiger partial charge in [-0.3, -0.25) is 9.11 Å². The Morgan fingerprint density at radius 3 is 2.10 bits per heavy atom. The molecule has 2 aromatic rings. The molecule has 0 aromatic heterocycles. The average Bonchev–Trinajstić information content (AvgIpc) is 3.36. The molecule has 0 saturated heterocycles.